The largest absolute Gasteiger partial charge is 0.493 e. The molecule has 0 saturated carbocycles. The molecule has 0 fully saturated rings. The van der Waals surface area contributed by atoms with Crippen LogP contribution in [0, 0.1) is 0 Å². The summed E-state index contributed by atoms with van der Waals surface area (Å²) in [5.41, 5.74) is 0.337. The summed E-state index contributed by atoms with van der Waals surface area (Å²) in [6.45, 7) is 9.17. The zero-order valence-corrected chi connectivity index (χ0v) is 16.1. The van der Waals surface area contributed by atoms with Crippen LogP contribution in [0.4, 0.5) is 0 Å². The van der Waals surface area contributed by atoms with E-state index in [9.17, 15) is 14.4 Å². The summed E-state index contributed by atoms with van der Waals surface area (Å²) in [4.78, 5) is 37.8. The minimum atomic E-state index is -0.673. The number of amides is 2. The first-order valence-corrected chi connectivity index (χ1v) is 8.74. The molecule has 144 valence electrons. The Morgan fingerprint density at radius 2 is 1.69 bits per heavy atom. The quantitative estimate of drug-likeness (QED) is 0.678. The summed E-state index contributed by atoms with van der Waals surface area (Å²) in [7, 11) is 0. The lowest BCUT2D eigenvalue weighted by Crippen LogP contribution is -2.44. The molecule has 0 spiro atoms. The second kappa shape index (κ2) is 10.4. The average molecular weight is 364 g/mol. The van der Waals surface area contributed by atoms with Crippen LogP contribution in [-0.2, 0) is 14.3 Å². The number of hydrogen-bond donors (Lipinski definition) is 1. The molecule has 0 bridgehead atoms. The molecule has 0 saturated heterocycles. The molecule has 7 nitrogen and oxygen atoms in total. The van der Waals surface area contributed by atoms with Crippen LogP contribution < -0.4 is 10.1 Å². The van der Waals surface area contributed by atoms with E-state index in [0.29, 0.717) is 17.9 Å². The Labute approximate surface area is 154 Å². The van der Waals surface area contributed by atoms with Crippen molar-refractivity contribution in [2.75, 3.05) is 19.8 Å². The molecule has 1 rings (SSSR count). The molecule has 7 heteroatoms. The molecule has 0 aliphatic rings. The molecule has 26 heavy (non-hydrogen) atoms. The average Bonchev–Trinajstić information content (AvgIpc) is 2.58. The summed E-state index contributed by atoms with van der Waals surface area (Å²) in [5, 5.41) is 2.48. The molecule has 0 heterocycles. The van der Waals surface area contributed by atoms with Gasteiger partial charge >= 0.3 is 5.97 Å². The van der Waals surface area contributed by atoms with Gasteiger partial charge in [-0.1, -0.05) is 12.1 Å². The monoisotopic (exact) mass is 364 g/mol. The second-order valence-corrected chi connectivity index (χ2v) is 6.26. The highest BCUT2D eigenvalue weighted by Crippen LogP contribution is 2.17. The van der Waals surface area contributed by atoms with Crippen molar-refractivity contribution in [2.24, 2.45) is 0 Å². The van der Waals surface area contributed by atoms with Crippen molar-refractivity contribution in [1.82, 2.24) is 10.2 Å². The minimum Gasteiger partial charge on any atom is -0.493 e. The van der Waals surface area contributed by atoms with Gasteiger partial charge in [0.2, 0.25) is 0 Å². The lowest BCUT2D eigenvalue weighted by Gasteiger charge is -2.30. The van der Waals surface area contributed by atoms with Crippen LogP contribution >= 0.6 is 0 Å². The van der Waals surface area contributed by atoms with Crippen molar-refractivity contribution in [3.8, 4) is 5.75 Å². The van der Waals surface area contributed by atoms with Gasteiger partial charge < -0.3 is 19.7 Å². The zero-order valence-electron chi connectivity index (χ0n) is 16.1. The number of esters is 1. The smallest absolute Gasteiger partial charge is 0.325 e. The zero-order chi connectivity index (χ0) is 19.7. The number of hydrogen-bond acceptors (Lipinski definition) is 5. The number of nitrogens with zero attached hydrogens (tertiary/aromatic N) is 1. The Balaban J connectivity index is 2.52. The van der Waals surface area contributed by atoms with E-state index < -0.39 is 11.9 Å². The maximum absolute atomic E-state index is 12.2. The van der Waals surface area contributed by atoms with E-state index in [1.807, 2.05) is 34.6 Å². The third-order valence-corrected chi connectivity index (χ3v) is 3.58. The first-order valence-electron chi connectivity index (χ1n) is 8.74. The number of para-hydroxylation sites is 1. The highest BCUT2D eigenvalue weighted by molar-refractivity contribution is 5.98. The molecule has 0 radical (unpaired) electrons. The molecule has 1 aromatic carbocycles. The fourth-order valence-electron chi connectivity index (χ4n) is 2.62. The molecule has 0 aliphatic heterocycles. The van der Waals surface area contributed by atoms with Gasteiger partial charge in [0.15, 0.2) is 6.61 Å². The molecular weight excluding hydrogens is 336 g/mol. The van der Waals surface area contributed by atoms with E-state index in [1.54, 1.807) is 29.2 Å². The van der Waals surface area contributed by atoms with Gasteiger partial charge in [-0.25, -0.2) is 0 Å². The van der Waals surface area contributed by atoms with Gasteiger partial charge in [0.25, 0.3) is 11.8 Å². The van der Waals surface area contributed by atoms with Crippen LogP contribution in [-0.4, -0.2) is 54.5 Å². The van der Waals surface area contributed by atoms with Gasteiger partial charge in [-0.05, 0) is 46.8 Å². The van der Waals surface area contributed by atoms with Gasteiger partial charge in [-0.15, -0.1) is 0 Å². The highest BCUT2D eigenvalue weighted by atomic mass is 16.5. The van der Waals surface area contributed by atoms with Gasteiger partial charge in [0, 0.05) is 12.1 Å². The van der Waals surface area contributed by atoms with E-state index in [4.69, 9.17) is 9.47 Å². The van der Waals surface area contributed by atoms with Crippen molar-refractivity contribution in [2.45, 2.75) is 46.7 Å². The van der Waals surface area contributed by atoms with Crippen LogP contribution in [0.1, 0.15) is 45.0 Å². The summed E-state index contributed by atoms with van der Waals surface area (Å²) < 4.78 is 10.4. The lowest BCUT2D eigenvalue weighted by atomic mass is 10.2. The third kappa shape index (κ3) is 6.38. The molecular formula is C19H28N2O5. The summed E-state index contributed by atoms with van der Waals surface area (Å²) in [6, 6.07) is 6.78. The minimum absolute atomic E-state index is 0.0102. The SMILES string of the molecule is CCOc1ccccc1C(=O)NCC(=O)OCC(=O)N(C(C)C)C(C)C. The first-order chi connectivity index (χ1) is 12.3. The Kier molecular flexibility index (Phi) is 8.61. The second-order valence-electron chi connectivity index (χ2n) is 6.26. The molecule has 0 aliphatic carbocycles. The van der Waals surface area contributed by atoms with E-state index >= 15 is 0 Å². The maximum atomic E-state index is 12.2. The topological polar surface area (TPSA) is 84.9 Å². The van der Waals surface area contributed by atoms with Gasteiger partial charge in [0.05, 0.1) is 12.2 Å². The van der Waals surface area contributed by atoms with Gasteiger partial charge in [0.1, 0.15) is 12.3 Å². The normalized spacial score (nSPS) is 10.6. The van der Waals surface area contributed by atoms with Crippen molar-refractivity contribution in [1.29, 1.82) is 0 Å². The third-order valence-electron chi connectivity index (χ3n) is 3.58. The Morgan fingerprint density at radius 3 is 2.27 bits per heavy atom. The lowest BCUT2D eigenvalue weighted by molar-refractivity contribution is -0.152. The van der Waals surface area contributed by atoms with E-state index in [2.05, 4.69) is 5.32 Å². The Morgan fingerprint density at radius 1 is 1.08 bits per heavy atom. The summed E-state index contributed by atoms with van der Waals surface area (Å²) >= 11 is 0. The maximum Gasteiger partial charge on any atom is 0.325 e. The molecule has 1 N–H and O–H groups in total. The molecule has 1 aromatic rings. The van der Waals surface area contributed by atoms with E-state index in [1.165, 1.54) is 0 Å². The predicted molar refractivity (Wildman–Crippen MR) is 98.0 cm³/mol. The number of nitrogens with one attached hydrogen (secondary N) is 1. The summed E-state index contributed by atoms with van der Waals surface area (Å²) in [6.07, 6.45) is 0. The predicted octanol–water partition coefficient (Wildman–Crippen LogP) is 2.00. The molecule has 0 aromatic heterocycles. The van der Waals surface area contributed by atoms with Crippen molar-refractivity contribution in [3.05, 3.63) is 29.8 Å². The number of rotatable bonds is 9. The van der Waals surface area contributed by atoms with Crippen LogP contribution in [0.5, 0.6) is 5.75 Å². The number of carbonyl (C=O) groups excluding carboxylic acids is 3. The Hall–Kier alpha value is -2.57. The molecule has 0 unspecified atom stereocenters. The fraction of sp³-hybridized carbons (Fsp3) is 0.526. The number of ether oxygens (including phenoxy) is 2. The van der Waals surface area contributed by atoms with Crippen LogP contribution in [0.15, 0.2) is 24.3 Å². The van der Waals surface area contributed by atoms with Crippen LogP contribution in [0.2, 0.25) is 0 Å². The Bertz CT molecular complexity index is 620. The number of carbonyl (C=O) groups is 3. The van der Waals surface area contributed by atoms with E-state index in [0.717, 1.165) is 0 Å². The summed E-state index contributed by atoms with van der Waals surface area (Å²) in [5.74, 6) is -0.937. The number of benzene rings is 1. The van der Waals surface area contributed by atoms with E-state index in [-0.39, 0.29) is 31.1 Å². The highest BCUT2D eigenvalue weighted by Gasteiger charge is 2.21. The standard InChI is InChI=1S/C19H28N2O5/c1-6-25-16-10-8-7-9-15(16)19(24)20-11-18(23)26-12-17(22)21(13(2)3)14(4)5/h7-10,13-14H,6,11-12H2,1-5H3,(H,20,24). The van der Waals surface area contributed by atoms with Crippen molar-refractivity contribution >= 4 is 17.8 Å². The van der Waals surface area contributed by atoms with Crippen LogP contribution in [0.25, 0.3) is 0 Å². The fourth-order valence-corrected chi connectivity index (χ4v) is 2.62. The van der Waals surface area contributed by atoms with Gasteiger partial charge in [-0.3, -0.25) is 14.4 Å². The molecule has 0 atom stereocenters. The van der Waals surface area contributed by atoms with Crippen molar-refractivity contribution < 1.29 is 23.9 Å². The van der Waals surface area contributed by atoms with Crippen LogP contribution in [0.3, 0.4) is 0 Å². The van der Waals surface area contributed by atoms with Gasteiger partial charge in [-0.2, -0.15) is 0 Å². The molecule has 2 amide bonds. The van der Waals surface area contributed by atoms with Crippen molar-refractivity contribution in [3.63, 3.8) is 0 Å². The first kappa shape index (κ1) is 21.5.